The van der Waals surface area contributed by atoms with Gasteiger partial charge < -0.3 is 14.0 Å². The second-order valence-electron chi connectivity index (χ2n) is 7.45. The zero-order chi connectivity index (χ0) is 22.7. The van der Waals surface area contributed by atoms with Gasteiger partial charge in [0.05, 0.1) is 0 Å². The van der Waals surface area contributed by atoms with Gasteiger partial charge in [0, 0.05) is 5.69 Å². The highest BCUT2D eigenvalue weighted by molar-refractivity contribution is 7.62. The highest BCUT2D eigenvalue weighted by Crippen LogP contribution is 2.46. The summed E-state index contributed by atoms with van der Waals surface area (Å²) in [6.07, 6.45) is 0. The second kappa shape index (κ2) is 8.81. The van der Waals surface area contributed by atoms with Crippen LogP contribution in [0.2, 0.25) is 0 Å². The van der Waals surface area contributed by atoms with Gasteiger partial charge in [-0.3, -0.25) is 4.79 Å². The first-order chi connectivity index (χ1) is 16.1. The lowest BCUT2D eigenvalue weighted by Gasteiger charge is -2.20. The van der Waals surface area contributed by atoms with Crippen LogP contribution in [0.1, 0.15) is 0 Å². The minimum Gasteiger partial charge on any atom is -0.413 e. The number of aromatic amines is 1. The Hall–Kier alpha value is -4.08. The van der Waals surface area contributed by atoms with Gasteiger partial charge in [0.1, 0.15) is 11.5 Å². The molecular formula is C27H20NO4P. The van der Waals surface area contributed by atoms with Crippen molar-refractivity contribution < 1.29 is 13.6 Å². The average molecular weight is 453 g/mol. The van der Waals surface area contributed by atoms with Gasteiger partial charge in [0.15, 0.2) is 5.30 Å². The van der Waals surface area contributed by atoms with Gasteiger partial charge in [-0.1, -0.05) is 72.8 Å². The van der Waals surface area contributed by atoms with Crippen LogP contribution in [0, 0.1) is 0 Å². The summed E-state index contributed by atoms with van der Waals surface area (Å²) < 4.78 is 25.5. The zero-order valence-electron chi connectivity index (χ0n) is 17.5. The fourth-order valence-electron chi connectivity index (χ4n) is 3.56. The van der Waals surface area contributed by atoms with Crippen molar-refractivity contribution in [3.05, 3.63) is 126 Å². The molecule has 0 unspecified atom stereocenters. The summed E-state index contributed by atoms with van der Waals surface area (Å²) in [4.78, 5) is 16.0. The Morgan fingerprint density at radius 2 is 1.18 bits per heavy atom. The van der Waals surface area contributed by atoms with Crippen molar-refractivity contribution in [1.29, 1.82) is 0 Å². The molecule has 1 heterocycles. The van der Waals surface area contributed by atoms with Crippen LogP contribution in [0.15, 0.2) is 120 Å². The zero-order valence-corrected chi connectivity index (χ0v) is 18.4. The van der Waals surface area contributed by atoms with Gasteiger partial charge in [0.2, 0.25) is 0 Å². The Morgan fingerprint density at radius 3 is 1.79 bits per heavy atom. The average Bonchev–Trinajstić information content (AvgIpc) is 2.84. The number of fused-ring (bicyclic) bond motifs is 1. The van der Waals surface area contributed by atoms with Crippen molar-refractivity contribution in [2.45, 2.75) is 0 Å². The molecule has 0 aliphatic carbocycles. The van der Waals surface area contributed by atoms with Crippen LogP contribution in [0.4, 0.5) is 0 Å². The number of rotatable bonds is 6. The molecule has 5 aromatic rings. The van der Waals surface area contributed by atoms with E-state index in [1.54, 1.807) is 54.6 Å². The van der Waals surface area contributed by atoms with E-state index >= 15 is 0 Å². The van der Waals surface area contributed by atoms with E-state index in [0.717, 1.165) is 16.3 Å². The monoisotopic (exact) mass is 453 g/mol. The molecule has 33 heavy (non-hydrogen) atoms. The fourth-order valence-corrected chi connectivity index (χ4v) is 5.16. The summed E-state index contributed by atoms with van der Waals surface area (Å²) in [6.45, 7) is 0. The van der Waals surface area contributed by atoms with Crippen molar-refractivity contribution in [1.82, 2.24) is 4.98 Å². The summed E-state index contributed by atoms with van der Waals surface area (Å²) in [7, 11) is -4.05. The number of hydrogen-bond acceptors (Lipinski definition) is 4. The molecule has 0 saturated heterocycles. The van der Waals surface area contributed by atoms with Crippen LogP contribution in [0.3, 0.4) is 0 Å². The number of nitrogens with one attached hydrogen (secondary N) is 1. The van der Waals surface area contributed by atoms with Crippen LogP contribution in [0.5, 0.6) is 11.5 Å². The third kappa shape index (κ3) is 4.45. The molecule has 4 aromatic carbocycles. The van der Waals surface area contributed by atoms with Crippen LogP contribution in [-0.2, 0) is 4.57 Å². The normalized spacial score (nSPS) is 11.3. The van der Waals surface area contributed by atoms with Crippen LogP contribution < -0.4 is 19.9 Å². The van der Waals surface area contributed by atoms with E-state index in [-0.39, 0.29) is 5.30 Å². The predicted molar refractivity (Wildman–Crippen MR) is 131 cm³/mol. The Morgan fingerprint density at radius 1 is 0.606 bits per heavy atom. The highest BCUT2D eigenvalue weighted by atomic mass is 31.2. The molecule has 0 saturated carbocycles. The quantitative estimate of drug-likeness (QED) is 0.312. The van der Waals surface area contributed by atoms with Gasteiger partial charge >= 0.3 is 7.60 Å². The van der Waals surface area contributed by atoms with Crippen LogP contribution in [0.25, 0.3) is 22.0 Å². The third-order valence-corrected chi connectivity index (χ3v) is 7.03. The Bertz CT molecular complexity index is 1470. The molecule has 0 spiro atoms. The van der Waals surface area contributed by atoms with E-state index in [9.17, 15) is 9.36 Å². The Labute approximate surface area is 190 Å². The second-order valence-corrected chi connectivity index (χ2v) is 9.30. The lowest BCUT2D eigenvalue weighted by molar-refractivity contribution is 0.399. The summed E-state index contributed by atoms with van der Waals surface area (Å²) in [5.74, 6) is 0.685. The van der Waals surface area contributed by atoms with E-state index in [1.807, 2.05) is 54.6 Å². The summed E-state index contributed by atoms with van der Waals surface area (Å²) in [5.41, 5.74) is 0.927. The molecule has 5 rings (SSSR count). The molecule has 0 amide bonds. The van der Waals surface area contributed by atoms with Crippen molar-refractivity contribution >= 4 is 23.7 Å². The number of benzene rings is 4. The van der Waals surface area contributed by atoms with Gasteiger partial charge in [-0.25, -0.2) is 4.57 Å². The van der Waals surface area contributed by atoms with Crippen molar-refractivity contribution in [3.8, 4) is 22.8 Å². The number of pyridine rings is 1. The molecule has 162 valence electrons. The fraction of sp³-hybridized carbons (Fsp3) is 0. The molecular weight excluding hydrogens is 433 g/mol. The lowest BCUT2D eigenvalue weighted by Crippen LogP contribution is -2.31. The first-order valence-corrected chi connectivity index (χ1v) is 12.0. The van der Waals surface area contributed by atoms with E-state index in [2.05, 4.69) is 4.98 Å². The molecule has 6 heteroatoms. The molecule has 0 aliphatic rings. The van der Waals surface area contributed by atoms with E-state index in [0.29, 0.717) is 17.2 Å². The number of H-pyrrole nitrogens is 1. The molecule has 0 radical (unpaired) electrons. The van der Waals surface area contributed by atoms with Crippen molar-refractivity contribution in [2.75, 3.05) is 0 Å². The minimum atomic E-state index is -4.05. The first kappa shape index (κ1) is 20.8. The minimum absolute atomic E-state index is 0.0697. The molecule has 0 fully saturated rings. The van der Waals surface area contributed by atoms with E-state index in [1.165, 1.54) is 6.07 Å². The smallest absolute Gasteiger partial charge is 0.413 e. The maximum absolute atomic E-state index is 13.9. The SMILES string of the molecule is O=c1[nH]c(-c2ccc3ccccc3c2)ccc1P(=O)(Oc1ccccc1)Oc1ccccc1. The molecule has 1 N–H and O–H groups in total. The molecule has 5 nitrogen and oxygen atoms in total. The van der Waals surface area contributed by atoms with Gasteiger partial charge in [-0.05, 0) is 58.8 Å². The number of aromatic nitrogens is 1. The molecule has 0 atom stereocenters. The maximum Gasteiger partial charge on any atom is 0.468 e. The molecule has 0 aliphatic heterocycles. The lowest BCUT2D eigenvalue weighted by atomic mass is 10.0. The van der Waals surface area contributed by atoms with E-state index in [4.69, 9.17) is 9.05 Å². The van der Waals surface area contributed by atoms with Gasteiger partial charge in [-0.2, -0.15) is 0 Å². The first-order valence-electron chi connectivity index (χ1n) is 10.4. The van der Waals surface area contributed by atoms with Crippen molar-refractivity contribution in [3.63, 3.8) is 0 Å². The van der Waals surface area contributed by atoms with Crippen LogP contribution in [-0.4, -0.2) is 4.98 Å². The van der Waals surface area contributed by atoms with Gasteiger partial charge in [-0.15, -0.1) is 0 Å². The van der Waals surface area contributed by atoms with E-state index < -0.39 is 13.2 Å². The summed E-state index contributed by atoms with van der Waals surface area (Å²) in [5, 5.41) is 2.10. The van der Waals surface area contributed by atoms with Crippen LogP contribution >= 0.6 is 7.60 Å². The maximum atomic E-state index is 13.9. The molecule has 0 bridgehead atoms. The molecule has 1 aromatic heterocycles. The summed E-state index contributed by atoms with van der Waals surface area (Å²) >= 11 is 0. The van der Waals surface area contributed by atoms with Crippen molar-refractivity contribution in [2.24, 2.45) is 0 Å². The number of hydrogen-bond donors (Lipinski definition) is 1. The topological polar surface area (TPSA) is 68.4 Å². The number of para-hydroxylation sites is 2. The van der Waals surface area contributed by atoms with Gasteiger partial charge in [0.25, 0.3) is 5.56 Å². The standard InChI is InChI=1S/C27H20NO4P/c29-27-26(18-17-25(28-27)22-16-15-20-9-7-8-10-21(20)19-22)33(30,31-23-11-3-1-4-12-23)32-24-13-5-2-6-14-24/h1-19H,(H,28,29). The highest BCUT2D eigenvalue weighted by Gasteiger charge is 2.34. The Kier molecular flexibility index (Phi) is 5.55. The summed E-state index contributed by atoms with van der Waals surface area (Å²) in [6, 6.07) is 34.5. The third-order valence-electron chi connectivity index (χ3n) is 5.18. The largest absolute Gasteiger partial charge is 0.468 e. The Balaban J connectivity index is 1.55. The predicted octanol–water partition coefficient (Wildman–Crippen LogP) is 6.17.